The van der Waals surface area contributed by atoms with Crippen molar-refractivity contribution in [2.24, 2.45) is 5.10 Å². The van der Waals surface area contributed by atoms with Crippen LogP contribution in [0.1, 0.15) is 34.8 Å². The number of rotatable bonds is 7. The molecule has 0 bridgehead atoms. The first-order chi connectivity index (χ1) is 11.9. The van der Waals surface area contributed by atoms with Gasteiger partial charge in [0.15, 0.2) is 0 Å². The predicted molar refractivity (Wildman–Crippen MR) is 93.1 cm³/mol. The molecule has 2 aromatic rings. The smallest absolute Gasteiger partial charge is 0.387 e. The monoisotopic (exact) mass is 346 g/mol. The van der Waals surface area contributed by atoms with E-state index in [1.165, 1.54) is 12.1 Å². The van der Waals surface area contributed by atoms with Crippen molar-refractivity contribution < 1.29 is 18.3 Å². The lowest BCUT2D eigenvalue weighted by Crippen LogP contribution is -2.19. The Labute approximate surface area is 145 Å². The van der Waals surface area contributed by atoms with E-state index in [1.54, 1.807) is 24.3 Å². The van der Waals surface area contributed by atoms with E-state index < -0.39 is 6.61 Å². The molecule has 132 valence electrons. The van der Waals surface area contributed by atoms with Gasteiger partial charge < -0.3 is 4.74 Å². The highest BCUT2D eigenvalue weighted by atomic mass is 19.3. The zero-order chi connectivity index (χ0) is 18.2. The van der Waals surface area contributed by atoms with Gasteiger partial charge in [0.1, 0.15) is 5.75 Å². The van der Waals surface area contributed by atoms with Gasteiger partial charge in [-0.05, 0) is 56.5 Å². The Morgan fingerprint density at radius 2 is 1.76 bits per heavy atom. The third-order valence-electron chi connectivity index (χ3n) is 3.59. The maximum atomic E-state index is 12.1. The minimum Gasteiger partial charge on any atom is -0.435 e. The molecule has 0 atom stereocenters. The highest BCUT2D eigenvalue weighted by Crippen LogP contribution is 2.15. The minimum absolute atomic E-state index is 0.134. The van der Waals surface area contributed by atoms with Crippen LogP contribution in [-0.2, 0) is 6.42 Å². The van der Waals surface area contributed by atoms with E-state index >= 15 is 0 Å². The molecule has 25 heavy (non-hydrogen) atoms. The molecule has 0 radical (unpaired) electrons. The van der Waals surface area contributed by atoms with E-state index in [2.05, 4.69) is 15.3 Å². The molecular weight excluding hydrogens is 326 g/mol. The summed E-state index contributed by atoms with van der Waals surface area (Å²) < 4.78 is 28.5. The zero-order valence-electron chi connectivity index (χ0n) is 14.1. The molecule has 0 saturated carbocycles. The van der Waals surface area contributed by atoms with Crippen molar-refractivity contribution in [2.45, 2.75) is 33.3 Å². The molecule has 6 heteroatoms. The van der Waals surface area contributed by atoms with E-state index in [0.29, 0.717) is 18.4 Å². The number of hydrogen-bond acceptors (Lipinski definition) is 3. The summed E-state index contributed by atoms with van der Waals surface area (Å²) in [6.07, 6.45) is 1.33. The largest absolute Gasteiger partial charge is 0.435 e. The third kappa shape index (κ3) is 6.33. The van der Waals surface area contributed by atoms with Crippen LogP contribution in [0.5, 0.6) is 5.75 Å². The van der Waals surface area contributed by atoms with Crippen LogP contribution in [0.4, 0.5) is 8.78 Å². The first kappa shape index (κ1) is 18.6. The molecular formula is C19H20F2N2O2. The molecule has 0 spiro atoms. The van der Waals surface area contributed by atoms with Crippen LogP contribution in [0, 0.1) is 6.92 Å². The summed E-state index contributed by atoms with van der Waals surface area (Å²) >= 11 is 0. The van der Waals surface area contributed by atoms with Crippen LogP contribution in [0.2, 0.25) is 0 Å². The van der Waals surface area contributed by atoms with Crippen molar-refractivity contribution in [3.63, 3.8) is 0 Å². The van der Waals surface area contributed by atoms with Gasteiger partial charge in [-0.15, -0.1) is 0 Å². The summed E-state index contributed by atoms with van der Waals surface area (Å²) in [5.41, 5.74) is 5.91. The Kier molecular flexibility index (Phi) is 6.62. The number of ether oxygens (including phenoxy) is 1. The van der Waals surface area contributed by atoms with Crippen LogP contribution in [0.3, 0.4) is 0 Å². The van der Waals surface area contributed by atoms with E-state index in [1.807, 2.05) is 26.0 Å². The van der Waals surface area contributed by atoms with Crippen LogP contribution in [-0.4, -0.2) is 18.2 Å². The molecule has 2 aromatic carbocycles. The molecule has 0 aliphatic heterocycles. The quantitative estimate of drug-likeness (QED) is 0.599. The van der Waals surface area contributed by atoms with Gasteiger partial charge in [-0.3, -0.25) is 4.79 Å². The number of alkyl halides is 2. The number of carbonyl (C=O) groups excluding carboxylic acids is 1. The second-order valence-corrected chi connectivity index (χ2v) is 5.68. The Morgan fingerprint density at radius 3 is 2.36 bits per heavy atom. The Morgan fingerprint density at radius 1 is 1.12 bits per heavy atom. The summed E-state index contributed by atoms with van der Waals surface area (Å²) in [6.45, 7) is 0.956. The first-order valence-corrected chi connectivity index (χ1v) is 7.88. The third-order valence-corrected chi connectivity index (χ3v) is 3.59. The van der Waals surface area contributed by atoms with Gasteiger partial charge >= 0.3 is 6.61 Å². The number of carbonyl (C=O) groups is 1. The van der Waals surface area contributed by atoms with E-state index in [4.69, 9.17) is 0 Å². The predicted octanol–water partition coefficient (Wildman–Crippen LogP) is 4.33. The summed E-state index contributed by atoms with van der Waals surface area (Å²) in [7, 11) is 0. The number of nitrogens with zero attached hydrogens (tertiary/aromatic N) is 1. The lowest BCUT2D eigenvalue weighted by atomic mass is 10.1. The molecule has 0 heterocycles. The summed E-state index contributed by atoms with van der Waals surface area (Å²) in [4.78, 5) is 12.0. The Bertz CT molecular complexity index is 726. The molecule has 4 nitrogen and oxygen atoms in total. The lowest BCUT2D eigenvalue weighted by molar-refractivity contribution is -0.0498. The molecule has 0 aliphatic carbocycles. The second-order valence-electron chi connectivity index (χ2n) is 5.68. The molecule has 0 aliphatic rings. The number of aryl methyl sites for hydroxylation is 2. The average molecular weight is 346 g/mol. The second kappa shape index (κ2) is 8.92. The molecule has 0 unspecified atom stereocenters. The topological polar surface area (TPSA) is 50.7 Å². The normalized spacial score (nSPS) is 11.5. The zero-order valence-corrected chi connectivity index (χ0v) is 14.1. The van der Waals surface area contributed by atoms with Crippen LogP contribution >= 0.6 is 0 Å². The van der Waals surface area contributed by atoms with Gasteiger partial charge in [-0.2, -0.15) is 13.9 Å². The molecule has 1 amide bonds. The number of hydrogen-bond donors (Lipinski definition) is 1. The molecule has 2 rings (SSSR count). The van der Waals surface area contributed by atoms with Gasteiger partial charge in [-0.1, -0.05) is 29.8 Å². The summed E-state index contributed by atoms with van der Waals surface area (Å²) in [6, 6.07) is 13.7. The number of benzene rings is 2. The number of amides is 1. The SMILES string of the molecule is C/C(CCc1ccc(OC(F)F)cc1)=N/NC(=O)c1ccc(C)cc1. The van der Waals surface area contributed by atoms with Crippen LogP contribution in [0.15, 0.2) is 53.6 Å². The van der Waals surface area contributed by atoms with Gasteiger partial charge in [0.2, 0.25) is 0 Å². The highest BCUT2D eigenvalue weighted by Gasteiger charge is 2.05. The Balaban J connectivity index is 1.82. The minimum atomic E-state index is -2.82. The first-order valence-electron chi connectivity index (χ1n) is 7.88. The van der Waals surface area contributed by atoms with Crippen molar-refractivity contribution in [2.75, 3.05) is 0 Å². The molecule has 0 saturated heterocycles. The van der Waals surface area contributed by atoms with E-state index in [-0.39, 0.29) is 11.7 Å². The summed E-state index contributed by atoms with van der Waals surface area (Å²) in [5, 5.41) is 4.09. The fourth-order valence-electron chi connectivity index (χ4n) is 2.13. The number of nitrogens with one attached hydrogen (secondary N) is 1. The fraction of sp³-hybridized carbons (Fsp3) is 0.263. The maximum Gasteiger partial charge on any atom is 0.387 e. The summed E-state index contributed by atoms with van der Waals surface area (Å²) in [5.74, 6) is -0.123. The van der Waals surface area contributed by atoms with Gasteiger partial charge in [0.05, 0.1) is 0 Å². The van der Waals surface area contributed by atoms with Crippen molar-refractivity contribution in [1.29, 1.82) is 0 Å². The van der Waals surface area contributed by atoms with Crippen molar-refractivity contribution in [1.82, 2.24) is 5.43 Å². The van der Waals surface area contributed by atoms with Gasteiger partial charge in [0.25, 0.3) is 5.91 Å². The number of hydrazone groups is 1. The van der Waals surface area contributed by atoms with Gasteiger partial charge in [-0.25, -0.2) is 5.43 Å². The number of halogens is 2. The lowest BCUT2D eigenvalue weighted by Gasteiger charge is -2.06. The van der Waals surface area contributed by atoms with Crippen molar-refractivity contribution >= 4 is 11.6 Å². The molecule has 1 N–H and O–H groups in total. The van der Waals surface area contributed by atoms with Crippen molar-refractivity contribution in [3.8, 4) is 5.75 Å². The fourth-order valence-corrected chi connectivity index (χ4v) is 2.13. The average Bonchev–Trinajstić information content (AvgIpc) is 2.59. The molecule has 0 aromatic heterocycles. The van der Waals surface area contributed by atoms with Crippen LogP contribution in [0.25, 0.3) is 0 Å². The highest BCUT2D eigenvalue weighted by molar-refractivity contribution is 5.95. The maximum absolute atomic E-state index is 12.1. The van der Waals surface area contributed by atoms with E-state index in [0.717, 1.165) is 16.8 Å². The van der Waals surface area contributed by atoms with Crippen molar-refractivity contribution in [3.05, 3.63) is 65.2 Å². The van der Waals surface area contributed by atoms with E-state index in [9.17, 15) is 13.6 Å². The standard InChI is InChI=1S/C19H20F2N2O2/c1-13-3-9-16(10-4-13)18(24)23-22-14(2)5-6-15-7-11-17(12-8-15)25-19(20)21/h3-4,7-12,19H,5-6H2,1-2H3,(H,23,24)/b22-14-. The van der Waals surface area contributed by atoms with Gasteiger partial charge in [0, 0.05) is 11.3 Å². The molecule has 0 fully saturated rings. The van der Waals surface area contributed by atoms with Crippen LogP contribution < -0.4 is 10.2 Å². The Hall–Kier alpha value is -2.76.